The van der Waals surface area contributed by atoms with Crippen molar-refractivity contribution in [3.8, 4) is 0 Å². The molecule has 0 bridgehead atoms. The number of hydrogen-bond acceptors (Lipinski definition) is 2. The second-order valence-electron chi connectivity index (χ2n) is 5.59. The third-order valence-corrected chi connectivity index (χ3v) is 16.7. The summed E-state index contributed by atoms with van der Waals surface area (Å²) in [6.07, 6.45) is 12.5. The quantitative estimate of drug-likeness (QED) is 0.131. The van der Waals surface area contributed by atoms with Gasteiger partial charge >= 0.3 is 150 Å². The summed E-state index contributed by atoms with van der Waals surface area (Å²) in [6, 6.07) is 0. The van der Waals surface area contributed by atoms with Gasteiger partial charge in [-0.1, -0.05) is 0 Å². The average molecular weight is 513 g/mol. The van der Waals surface area contributed by atoms with Crippen molar-refractivity contribution in [3.05, 3.63) is 22.3 Å². The van der Waals surface area contributed by atoms with Crippen LogP contribution >= 0.6 is 22.6 Å². The van der Waals surface area contributed by atoms with Crippen LogP contribution in [0.15, 0.2) is 22.3 Å². The van der Waals surface area contributed by atoms with Crippen LogP contribution in [0.2, 0.25) is 13.3 Å². The van der Waals surface area contributed by atoms with Crippen LogP contribution in [0.3, 0.4) is 0 Å². The molecular formula is C17H31IO2Sn. The van der Waals surface area contributed by atoms with E-state index in [1.807, 2.05) is 10.2 Å². The molecule has 0 aromatic carbocycles. The van der Waals surface area contributed by atoms with Gasteiger partial charge in [-0.3, -0.25) is 0 Å². The van der Waals surface area contributed by atoms with E-state index in [0.717, 1.165) is 0 Å². The van der Waals surface area contributed by atoms with Gasteiger partial charge in [0.1, 0.15) is 0 Å². The first-order valence-corrected chi connectivity index (χ1v) is 16.8. The van der Waals surface area contributed by atoms with Gasteiger partial charge < -0.3 is 0 Å². The van der Waals surface area contributed by atoms with Crippen LogP contribution in [0, 0.1) is 0 Å². The summed E-state index contributed by atoms with van der Waals surface area (Å²) in [5, 5.41) is 0. The number of halogens is 1. The Bertz CT molecular complexity index is 305. The summed E-state index contributed by atoms with van der Waals surface area (Å²) in [6.45, 7) is 6.68. The third-order valence-electron chi connectivity index (χ3n) is 3.69. The molecule has 0 fully saturated rings. The number of carbonyl (C=O) groups excluding carboxylic acids is 1. The number of allylic oxidation sites excluding steroid dienone is 2. The van der Waals surface area contributed by atoms with E-state index >= 15 is 0 Å². The Morgan fingerprint density at radius 1 is 0.952 bits per heavy atom. The van der Waals surface area contributed by atoms with Crippen LogP contribution in [0.5, 0.6) is 0 Å². The van der Waals surface area contributed by atoms with Crippen LogP contribution in [0.25, 0.3) is 0 Å². The molecule has 0 aromatic rings. The van der Waals surface area contributed by atoms with Gasteiger partial charge in [-0.15, -0.1) is 0 Å². The minimum atomic E-state index is -2.76. The average Bonchev–Trinajstić information content (AvgIpc) is 2.49. The van der Waals surface area contributed by atoms with E-state index in [9.17, 15) is 4.79 Å². The summed E-state index contributed by atoms with van der Waals surface area (Å²) in [7, 11) is 0. The summed E-state index contributed by atoms with van der Waals surface area (Å²) in [5.41, 5.74) is 0. The maximum absolute atomic E-state index is 12.1. The van der Waals surface area contributed by atoms with Gasteiger partial charge in [0.15, 0.2) is 0 Å². The van der Waals surface area contributed by atoms with Crippen molar-refractivity contribution >= 4 is 47.4 Å². The standard InChI is InChI=1S/C5H5IO2.3C4H9.Sn/c6-4-2-1-3-5(7)8;3*1-3-4-2;/h1-4H,(H,7,8);3*1,3-4H2,2H3;/q;;;;+1/p-1/b3-1+,4-2+;;;;. The Balaban J connectivity index is 4.88. The number of hydrogen-bond donors (Lipinski definition) is 0. The van der Waals surface area contributed by atoms with E-state index in [1.54, 1.807) is 12.2 Å². The minimum absolute atomic E-state index is 0.108. The van der Waals surface area contributed by atoms with E-state index in [0.29, 0.717) is 0 Å². The molecule has 0 radical (unpaired) electrons. The van der Waals surface area contributed by atoms with E-state index in [2.05, 4.69) is 43.4 Å². The molecular weight excluding hydrogens is 482 g/mol. The van der Waals surface area contributed by atoms with Crippen molar-refractivity contribution < 1.29 is 7.87 Å². The van der Waals surface area contributed by atoms with Crippen LogP contribution in [-0.2, 0) is 7.87 Å². The summed E-state index contributed by atoms with van der Waals surface area (Å²) >= 11 is -0.610. The third kappa shape index (κ3) is 10.8. The molecule has 4 heteroatoms. The molecule has 0 aromatic heterocycles. The predicted molar refractivity (Wildman–Crippen MR) is 103 cm³/mol. The van der Waals surface area contributed by atoms with E-state index in [1.165, 1.54) is 51.8 Å². The van der Waals surface area contributed by atoms with Crippen molar-refractivity contribution in [3.63, 3.8) is 0 Å². The van der Waals surface area contributed by atoms with Gasteiger partial charge in [0.05, 0.1) is 0 Å². The normalized spacial score (nSPS) is 12.4. The molecule has 0 aliphatic carbocycles. The van der Waals surface area contributed by atoms with Gasteiger partial charge in [-0.05, 0) is 0 Å². The molecule has 0 amide bonds. The molecule has 0 N–H and O–H groups in total. The predicted octanol–water partition coefficient (Wildman–Crippen LogP) is 6.38. The Morgan fingerprint density at radius 2 is 1.43 bits per heavy atom. The fourth-order valence-corrected chi connectivity index (χ4v) is 15.7. The molecule has 0 heterocycles. The van der Waals surface area contributed by atoms with Gasteiger partial charge in [0, 0.05) is 0 Å². The second kappa shape index (κ2) is 14.1. The number of carbonyl (C=O) groups is 1. The second-order valence-corrected chi connectivity index (χ2v) is 17.9. The number of rotatable bonds is 12. The van der Waals surface area contributed by atoms with Gasteiger partial charge in [-0.2, -0.15) is 0 Å². The van der Waals surface area contributed by atoms with Crippen molar-refractivity contribution in [1.29, 1.82) is 0 Å². The van der Waals surface area contributed by atoms with Gasteiger partial charge in [0.2, 0.25) is 0 Å². The van der Waals surface area contributed by atoms with Crippen molar-refractivity contribution in [2.75, 3.05) is 0 Å². The van der Waals surface area contributed by atoms with Crippen molar-refractivity contribution in [2.24, 2.45) is 0 Å². The Labute approximate surface area is 149 Å². The monoisotopic (exact) mass is 514 g/mol. The molecule has 0 saturated carbocycles. The SMILES string of the molecule is CCC[CH2][Sn]([CH2]CCC)([CH2]CCC)[O]C(=O)/C=C/C=C/I. The number of unbranched alkanes of at least 4 members (excludes halogenated alkanes) is 3. The molecule has 0 aliphatic heterocycles. The zero-order valence-electron chi connectivity index (χ0n) is 13.9. The van der Waals surface area contributed by atoms with Crippen LogP contribution < -0.4 is 0 Å². The van der Waals surface area contributed by atoms with E-state index < -0.39 is 18.8 Å². The van der Waals surface area contributed by atoms with Gasteiger partial charge in [0.25, 0.3) is 0 Å². The van der Waals surface area contributed by atoms with Crippen LogP contribution in [-0.4, -0.2) is 24.8 Å². The van der Waals surface area contributed by atoms with Gasteiger partial charge in [-0.25, -0.2) is 0 Å². The molecule has 0 saturated heterocycles. The molecule has 0 spiro atoms. The molecule has 2 nitrogen and oxygen atoms in total. The van der Waals surface area contributed by atoms with E-state index in [-0.39, 0.29) is 5.97 Å². The maximum atomic E-state index is 12.1. The molecule has 0 atom stereocenters. The molecule has 0 rings (SSSR count). The Hall–Kier alpha value is 0.479. The fraction of sp³-hybridized carbons (Fsp3) is 0.706. The van der Waals surface area contributed by atoms with E-state index in [4.69, 9.17) is 3.07 Å². The Kier molecular flexibility index (Phi) is 14.4. The zero-order chi connectivity index (χ0) is 16.0. The Morgan fingerprint density at radius 3 is 1.81 bits per heavy atom. The summed E-state index contributed by atoms with van der Waals surface area (Å²) in [5.74, 6) is -0.108. The fourth-order valence-electron chi connectivity index (χ4n) is 2.45. The van der Waals surface area contributed by atoms with Crippen molar-refractivity contribution in [2.45, 2.75) is 72.6 Å². The van der Waals surface area contributed by atoms with Crippen molar-refractivity contribution in [1.82, 2.24) is 0 Å². The summed E-state index contributed by atoms with van der Waals surface area (Å²) in [4.78, 5) is 12.1. The van der Waals surface area contributed by atoms with Crippen LogP contribution in [0.1, 0.15) is 59.3 Å². The molecule has 122 valence electrons. The summed E-state index contributed by atoms with van der Waals surface area (Å²) < 4.78 is 11.6. The first kappa shape index (κ1) is 21.5. The topological polar surface area (TPSA) is 26.3 Å². The molecule has 0 aliphatic rings. The van der Waals surface area contributed by atoms with Crippen LogP contribution in [0.4, 0.5) is 0 Å². The molecule has 21 heavy (non-hydrogen) atoms. The first-order valence-electron chi connectivity index (χ1n) is 8.30. The zero-order valence-corrected chi connectivity index (χ0v) is 18.9. The molecule has 0 unspecified atom stereocenters. The first-order chi connectivity index (χ1) is 10.1.